The standard InChI is InChI=1S/C14H19ClN2O/c1-11-4-3-5-13(12(11)2)16-6-8-17(9-7-16)14(18)10-15/h3-5H,6-10H2,1-2H3. The van der Waals surface area contributed by atoms with E-state index in [1.54, 1.807) is 0 Å². The van der Waals surface area contributed by atoms with E-state index in [1.165, 1.54) is 16.8 Å². The molecule has 0 saturated carbocycles. The van der Waals surface area contributed by atoms with E-state index < -0.39 is 0 Å². The fourth-order valence-corrected chi connectivity index (χ4v) is 2.53. The summed E-state index contributed by atoms with van der Waals surface area (Å²) < 4.78 is 0. The van der Waals surface area contributed by atoms with Gasteiger partial charge in [0, 0.05) is 31.9 Å². The van der Waals surface area contributed by atoms with Crippen LogP contribution in [0.2, 0.25) is 0 Å². The predicted molar refractivity (Wildman–Crippen MR) is 75.4 cm³/mol. The Kier molecular flexibility index (Phi) is 4.12. The molecule has 2 rings (SSSR count). The van der Waals surface area contributed by atoms with Crippen LogP contribution in [0, 0.1) is 13.8 Å². The van der Waals surface area contributed by atoms with Gasteiger partial charge in [-0.3, -0.25) is 4.79 Å². The highest BCUT2D eigenvalue weighted by atomic mass is 35.5. The van der Waals surface area contributed by atoms with Crippen molar-refractivity contribution in [3.63, 3.8) is 0 Å². The Hall–Kier alpha value is -1.22. The third kappa shape index (κ3) is 2.61. The van der Waals surface area contributed by atoms with Crippen LogP contribution in [0.5, 0.6) is 0 Å². The first-order valence-electron chi connectivity index (χ1n) is 6.28. The van der Waals surface area contributed by atoms with E-state index in [-0.39, 0.29) is 11.8 Å². The molecule has 18 heavy (non-hydrogen) atoms. The number of hydrogen-bond acceptors (Lipinski definition) is 2. The van der Waals surface area contributed by atoms with Crippen LogP contribution in [0.4, 0.5) is 5.69 Å². The minimum absolute atomic E-state index is 0.0391. The molecule has 3 nitrogen and oxygen atoms in total. The van der Waals surface area contributed by atoms with Gasteiger partial charge in [0.25, 0.3) is 0 Å². The molecule has 1 heterocycles. The lowest BCUT2D eigenvalue weighted by molar-refractivity contribution is -0.128. The second-order valence-electron chi connectivity index (χ2n) is 4.72. The number of aryl methyl sites for hydroxylation is 1. The maximum absolute atomic E-state index is 11.5. The number of piperazine rings is 1. The number of carbonyl (C=O) groups excluding carboxylic acids is 1. The smallest absolute Gasteiger partial charge is 0.237 e. The molecule has 0 atom stereocenters. The summed E-state index contributed by atoms with van der Waals surface area (Å²) in [5, 5.41) is 0. The zero-order valence-electron chi connectivity index (χ0n) is 10.9. The van der Waals surface area contributed by atoms with Gasteiger partial charge in [-0.15, -0.1) is 11.6 Å². The van der Waals surface area contributed by atoms with E-state index in [0.29, 0.717) is 0 Å². The van der Waals surface area contributed by atoms with Crippen LogP contribution < -0.4 is 4.90 Å². The van der Waals surface area contributed by atoms with Crippen LogP contribution in [0.1, 0.15) is 11.1 Å². The molecule has 98 valence electrons. The van der Waals surface area contributed by atoms with Gasteiger partial charge in [0.05, 0.1) is 0 Å². The van der Waals surface area contributed by atoms with Crippen LogP contribution in [0.25, 0.3) is 0 Å². The van der Waals surface area contributed by atoms with Crippen molar-refractivity contribution in [2.75, 3.05) is 37.0 Å². The van der Waals surface area contributed by atoms with Gasteiger partial charge in [0.2, 0.25) is 5.91 Å². The molecule has 1 aromatic carbocycles. The quantitative estimate of drug-likeness (QED) is 0.766. The molecule has 4 heteroatoms. The largest absolute Gasteiger partial charge is 0.368 e. The molecule has 1 aromatic rings. The number of carbonyl (C=O) groups is 1. The number of benzene rings is 1. The summed E-state index contributed by atoms with van der Waals surface area (Å²) in [4.78, 5) is 15.7. The van der Waals surface area contributed by atoms with Crippen molar-refractivity contribution in [1.82, 2.24) is 4.90 Å². The zero-order chi connectivity index (χ0) is 13.1. The fourth-order valence-electron chi connectivity index (χ4n) is 2.36. The summed E-state index contributed by atoms with van der Waals surface area (Å²) in [7, 11) is 0. The number of anilines is 1. The molecule has 1 aliphatic heterocycles. The number of hydrogen-bond donors (Lipinski definition) is 0. The molecule has 0 spiro atoms. The molecular weight excluding hydrogens is 248 g/mol. The van der Waals surface area contributed by atoms with Crippen LogP contribution in [0.3, 0.4) is 0 Å². The molecule has 0 radical (unpaired) electrons. The van der Waals surface area contributed by atoms with Gasteiger partial charge in [0.15, 0.2) is 0 Å². The highest BCUT2D eigenvalue weighted by molar-refractivity contribution is 6.27. The van der Waals surface area contributed by atoms with E-state index in [9.17, 15) is 4.79 Å². The Morgan fingerprint density at radius 1 is 1.22 bits per heavy atom. The summed E-state index contributed by atoms with van der Waals surface area (Å²) in [6, 6.07) is 6.38. The van der Waals surface area contributed by atoms with Crippen LogP contribution in [-0.4, -0.2) is 42.9 Å². The van der Waals surface area contributed by atoms with Crippen molar-refractivity contribution < 1.29 is 4.79 Å². The summed E-state index contributed by atoms with van der Waals surface area (Å²) in [6.45, 7) is 7.57. The fraction of sp³-hybridized carbons (Fsp3) is 0.500. The van der Waals surface area contributed by atoms with Gasteiger partial charge in [-0.2, -0.15) is 0 Å². The van der Waals surface area contributed by atoms with E-state index >= 15 is 0 Å². The lowest BCUT2D eigenvalue weighted by Crippen LogP contribution is -2.49. The molecule has 0 aromatic heterocycles. The van der Waals surface area contributed by atoms with Crippen molar-refractivity contribution in [3.8, 4) is 0 Å². The van der Waals surface area contributed by atoms with Gasteiger partial charge in [-0.1, -0.05) is 12.1 Å². The van der Waals surface area contributed by atoms with Crippen LogP contribution in [0.15, 0.2) is 18.2 Å². The van der Waals surface area contributed by atoms with Gasteiger partial charge in [-0.05, 0) is 31.0 Å². The van der Waals surface area contributed by atoms with Gasteiger partial charge >= 0.3 is 0 Å². The number of amides is 1. The molecule has 0 unspecified atom stereocenters. The monoisotopic (exact) mass is 266 g/mol. The molecule has 1 saturated heterocycles. The molecule has 0 aliphatic carbocycles. The van der Waals surface area contributed by atoms with Gasteiger partial charge < -0.3 is 9.80 Å². The number of alkyl halides is 1. The minimum atomic E-state index is 0.0391. The Bertz CT molecular complexity index is 439. The Morgan fingerprint density at radius 2 is 1.89 bits per heavy atom. The lowest BCUT2D eigenvalue weighted by atomic mass is 10.1. The predicted octanol–water partition coefficient (Wildman–Crippen LogP) is 2.19. The molecule has 1 fully saturated rings. The second-order valence-corrected chi connectivity index (χ2v) is 4.99. The van der Waals surface area contributed by atoms with Crippen LogP contribution >= 0.6 is 11.6 Å². The average Bonchev–Trinajstić information content (AvgIpc) is 2.41. The molecular formula is C14H19ClN2O. The van der Waals surface area contributed by atoms with Crippen LogP contribution in [-0.2, 0) is 4.79 Å². The van der Waals surface area contributed by atoms with E-state index in [2.05, 4.69) is 36.9 Å². The first-order valence-corrected chi connectivity index (χ1v) is 6.82. The topological polar surface area (TPSA) is 23.6 Å². The molecule has 1 amide bonds. The number of halogens is 1. The first kappa shape index (κ1) is 13.2. The maximum Gasteiger partial charge on any atom is 0.237 e. The van der Waals surface area contributed by atoms with E-state index in [4.69, 9.17) is 11.6 Å². The van der Waals surface area contributed by atoms with Gasteiger partial charge in [-0.25, -0.2) is 0 Å². The van der Waals surface area contributed by atoms with Crippen molar-refractivity contribution in [3.05, 3.63) is 29.3 Å². The molecule has 0 bridgehead atoms. The third-order valence-corrected chi connectivity index (χ3v) is 3.89. The average molecular weight is 267 g/mol. The second kappa shape index (κ2) is 5.61. The Labute approximate surface area is 113 Å². The van der Waals surface area contributed by atoms with Crippen molar-refractivity contribution in [2.24, 2.45) is 0 Å². The van der Waals surface area contributed by atoms with E-state index in [0.717, 1.165) is 26.2 Å². The molecule has 0 N–H and O–H groups in total. The first-order chi connectivity index (χ1) is 8.63. The van der Waals surface area contributed by atoms with Crippen molar-refractivity contribution in [2.45, 2.75) is 13.8 Å². The Morgan fingerprint density at radius 3 is 2.50 bits per heavy atom. The van der Waals surface area contributed by atoms with Crippen molar-refractivity contribution in [1.29, 1.82) is 0 Å². The number of rotatable bonds is 2. The SMILES string of the molecule is Cc1cccc(N2CCN(C(=O)CCl)CC2)c1C. The van der Waals surface area contributed by atoms with E-state index in [1.807, 2.05) is 4.90 Å². The zero-order valence-corrected chi connectivity index (χ0v) is 11.7. The maximum atomic E-state index is 11.5. The highest BCUT2D eigenvalue weighted by Crippen LogP contribution is 2.23. The molecule has 1 aliphatic rings. The third-order valence-electron chi connectivity index (χ3n) is 3.66. The normalized spacial score (nSPS) is 15.9. The summed E-state index contributed by atoms with van der Waals surface area (Å²) in [6.07, 6.45) is 0. The minimum Gasteiger partial charge on any atom is -0.368 e. The van der Waals surface area contributed by atoms with Gasteiger partial charge in [0.1, 0.15) is 5.88 Å². The summed E-state index contributed by atoms with van der Waals surface area (Å²) in [5.74, 6) is 0.126. The highest BCUT2D eigenvalue weighted by Gasteiger charge is 2.21. The summed E-state index contributed by atoms with van der Waals surface area (Å²) in [5.41, 5.74) is 3.93. The Balaban J connectivity index is 2.06. The van der Waals surface area contributed by atoms with Crippen molar-refractivity contribution >= 4 is 23.2 Å². The summed E-state index contributed by atoms with van der Waals surface area (Å²) >= 11 is 5.58. The number of nitrogens with zero attached hydrogens (tertiary/aromatic N) is 2. The lowest BCUT2D eigenvalue weighted by Gasteiger charge is -2.36.